The highest BCUT2D eigenvalue weighted by atomic mass is 16.3. The lowest BCUT2D eigenvalue weighted by atomic mass is 9.97. The Labute approximate surface area is 201 Å². The highest BCUT2D eigenvalue weighted by Gasteiger charge is 2.20. The summed E-state index contributed by atoms with van der Waals surface area (Å²) in [4.78, 5) is 16.7. The summed E-state index contributed by atoms with van der Waals surface area (Å²) in [7, 11) is 0. The number of piperazine rings is 1. The number of nitrogens with one attached hydrogen (secondary N) is 1. The van der Waals surface area contributed by atoms with Crippen molar-refractivity contribution < 1.29 is 9.90 Å². The summed E-state index contributed by atoms with van der Waals surface area (Å²) in [5.41, 5.74) is 5.21. The molecule has 2 heterocycles. The Bertz CT molecular complexity index is 1110. The molecule has 1 amide bonds. The molecule has 2 aromatic carbocycles. The normalized spacial score (nSPS) is 14.2. The summed E-state index contributed by atoms with van der Waals surface area (Å²) in [5, 5.41) is 21.0. The van der Waals surface area contributed by atoms with Gasteiger partial charge in [0.2, 0.25) is 0 Å². The molecule has 3 aromatic rings. The fourth-order valence-electron chi connectivity index (χ4n) is 4.29. The number of aryl methyl sites for hydroxylation is 1. The van der Waals surface area contributed by atoms with Gasteiger partial charge in [0.1, 0.15) is 5.75 Å². The van der Waals surface area contributed by atoms with Crippen LogP contribution in [0.4, 0.5) is 5.82 Å². The molecule has 7 nitrogen and oxygen atoms in total. The number of amides is 1. The number of carbonyl (C=O) groups is 1. The van der Waals surface area contributed by atoms with Gasteiger partial charge in [-0.1, -0.05) is 44.2 Å². The van der Waals surface area contributed by atoms with Gasteiger partial charge in [0, 0.05) is 39.3 Å². The van der Waals surface area contributed by atoms with Crippen LogP contribution in [-0.4, -0.2) is 58.8 Å². The first-order chi connectivity index (χ1) is 16.6. The van der Waals surface area contributed by atoms with Crippen molar-refractivity contribution in [2.24, 2.45) is 0 Å². The van der Waals surface area contributed by atoms with E-state index in [2.05, 4.69) is 50.4 Å². The van der Waals surface area contributed by atoms with Crippen LogP contribution in [0.25, 0.3) is 11.1 Å². The van der Waals surface area contributed by atoms with E-state index in [1.807, 2.05) is 25.1 Å². The molecule has 0 spiro atoms. The summed E-state index contributed by atoms with van der Waals surface area (Å²) in [6.07, 6.45) is 1.86. The average Bonchev–Trinajstić information content (AvgIpc) is 2.88. The maximum Gasteiger partial charge on any atom is 0.271 e. The van der Waals surface area contributed by atoms with Crippen molar-refractivity contribution in [3.8, 4) is 16.9 Å². The molecule has 4 rings (SSSR count). The number of phenolic OH excluding ortho intramolecular Hbond substituents is 1. The van der Waals surface area contributed by atoms with Gasteiger partial charge in [0.15, 0.2) is 11.5 Å². The molecule has 0 aliphatic carbocycles. The number of anilines is 1. The second kappa shape index (κ2) is 11.1. The third-order valence-electron chi connectivity index (χ3n) is 6.28. The smallest absolute Gasteiger partial charge is 0.271 e. The van der Waals surface area contributed by atoms with Crippen LogP contribution in [-0.2, 0) is 13.0 Å². The minimum atomic E-state index is -0.174. The number of hydrogen-bond donors (Lipinski definition) is 2. The number of aromatic hydroxyl groups is 1. The zero-order chi connectivity index (χ0) is 23.9. The number of phenols is 1. The number of rotatable bonds is 8. The molecular formula is C27H33N5O2. The van der Waals surface area contributed by atoms with Crippen LogP contribution in [0.5, 0.6) is 5.75 Å². The molecular weight excluding hydrogens is 426 g/mol. The van der Waals surface area contributed by atoms with Gasteiger partial charge in [-0.05, 0) is 59.4 Å². The van der Waals surface area contributed by atoms with Crippen LogP contribution >= 0.6 is 0 Å². The van der Waals surface area contributed by atoms with Crippen molar-refractivity contribution in [1.82, 2.24) is 20.4 Å². The third-order valence-corrected chi connectivity index (χ3v) is 6.28. The van der Waals surface area contributed by atoms with E-state index in [1.54, 1.807) is 18.2 Å². The maximum absolute atomic E-state index is 12.0. The van der Waals surface area contributed by atoms with Crippen molar-refractivity contribution in [1.29, 1.82) is 0 Å². The molecule has 7 heteroatoms. The number of benzene rings is 2. The van der Waals surface area contributed by atoms with E-state index >= 15 is 0 Å². The van der Waals surface area contributed by atoms with Gasteiger partial charge in [0.25, 0.3) is 5.91 Å². The van der Waals surface area contributed by atoms with Crippen molar-refractivity contribution in [3.05, 3.63) is 71.4 Å². The lowest BCUT2D eigenvalue weighted by molar-refractivity contribution is 0.0947. The van der Waals surface area contributed by atoms with E-state index in [9.17, 15) is 9.90 Å². The number of nitrogens with zero attached hydrogens (tertiary/aromatic N) is 4. The molecule has 2 N–H and O–H groups in total. The van der Waals surface area contributed by atoms with E-state index in [4.69, 9.17) is 0 Å². The third kappa shape index (κ3) is 5.72. The minimum absolute atomic E-state index is 0.174. The molecule has 1 aliphatic heterocycles. The molecule has 0 saturated carbocycles. The van der Waals surface area contributed by atoms with Crippen LogP contribution in [0.3, 0.4) is 0 Å². The van der Waals surface area contributed by atoms with Gasteiger partial charge >= 0.3 is 0 Å². The Hall–Kier alpha value is -3.45. The van der Waals surface area contributed by atoms with Gasteiger partial charge in [-0.3, -0.25) is 9.69 Å². The molecule has 1 aromatic heterocycles. The Kier molecular flexibility index (Phi) is 7.75. The van der Waals surface area contributed by atoms with E-state index in [0.717, 1.165) is 62.5 Å². The van der Waals surface area contributed by atoms with E-state index in [0.29, 0.717) is 12.2 Å². The second-order valence-electron chi connectivity index (χ2n) is 8.68. The van der Waals surface area contributed by atoms with Gasteiger partial charge < -0.3 is 15.3 Å². The topological polar surface area (TPSA) is 81.6 Å². The van der Waals surface area contributed by atoms with Crippen molar-refractivity contribution in [2.75, 3.05) is 37.6 Å². The van der Waals surface area contributed by atoms with E-state index in [1.165, 1.54) is 11.1 Å². The zero-order valence-electron chi connectivity index (χ0n) is 20.0. The molecule has 34 heavy (non-hydrogen) atoms. The Morgan fingerprint density at radius 1 is 0.941 bits per heavy atom. The maximum atomic E-state index is 12.0. The first-order valence-corrected chi connectivity index (χ1v) is 12.1. The van der Waals surface area contributed by atoms with Crippen LogP contribution in [0.2, 0.25) is 0 Å². The van der Waals surface area contributed by atoms with Crippen molar-refractivity contribution >= 4 is 11.7 Å². The second-order valence-corrected chi connectivity index (χ2v) is 8.68. The quantitative estimate of drug-likeness (QED) is 0.532. The van der Waals surface area contributed by atoms with Gasteiger partial charge in [-0.25, -0.2) is 0 Å². The van der Waals surface area contributed by atoms with Crippen LogP contribution in [0.1, 0.15) is 41.9 Å². The predicted octanol–water partition coefficient (Wildman–Crippen LogP) is 3.87. The minimum Gasteiger partial charge on any atom is -0.508 e. The molecule has 0 atom stereocenters. The van der Waals surface area contributed by atoms with Crippen molar-refractivity contribution in [3.63, 3.8) is 0 Å². The predicted molar refractivity (Wildman–Crippen MR) is 135 cm³/mol. The monoisotopic (exact) mass is 459 g/mol. The summed E-state index contributed by atoms with van der Waals surface area (Å²) in [6.45, 7) is 9.40. The van der Waals surface area contributed by atoms with Gasteiger partial charge in [-0.2, -0.15) is 0 Å². The number of carbonyl (C=O) groups excluding carboxylic acids is 1. The summed E-state index contributed by atoms with van der Waals surface area (Å²) >= 11 is 0. The van der Waals surface area contributed by atoms with Crippen LogP contribution < -0.4 is 10.2 Å². The molecule has 1 fully saturated rings. The standard InChI is InChI=1S/C27H33N5O2/c1-3-12-28-27(34)25-10-11-26(30-29-25)32-15-13-31(14-16-32)19-23-9-8-22(17-20(23)4-2)21-6-5-7-24(33)18-21/h5-11,17-18,33H,3-4,12-16,19H2,1-2H3,(H,28,34). The largest absolute Gasteiger partial charge is 0.508 e. The van der Waals surface area contributed by atoms with Gasteiger partial charge in [-0.15, -0.1) is 10.2 Å². The first kappa shape index (κ1) is 23.7. The molecule has 0 bridgehead atoms. The number of aromatic nitrogens is 2. The zero-order valence-corrected chi connectivity index (χ0v) is 20.0. The van der Waals surface area contributed by atoms with Gasteiger partial charge in [0.05, 0.1) is 0 Å². The molecule has 1 saturated heterocycles. The van der Waals surface area contributed by atoms with Crippen LogP contribution in [0, 0.1) is 0 Å². The fourth-order valence-corrected chi connectivity index (χ4v) is 4.29. The summed E-state index contributed by atoms with van der Waals surface area (Å²) in [5.74, 6) is 0.931. The Morgan fingerprint density at radius 3 is 2.41 bits per heavy atom. The highest BCUT2D eigenvalue weighted by molar-refractivity contribution is 5.92. The molecule has 178 valence electrons. The Morgan fingerprint density at radius 2 is 1.74 bits per heavy atom. The molecule has 0 radical (unpaired) electrons. The lowest BCUT2D eigenvalue weighted by Gasteiger charge is -2.35. The fraction of sp³-hybridized carbons (Fsp3) is 0.370. The van der Waals surface area contributed by atoms with E-state index < -0.39 is 0 Å². The van der Waals surface area contributed by atoms with Crippen LogP contribution in [0.15, 0.2) is 54.6 Å². The summed E-state index contributed by atoms with van der Waals surface area (Å²) < 4.78 is 0. The number of hydrogen-bond acceptors (Lipinski definition) is 6. The molecule has 0 unspecified atom stereocenters. The summed E-state index contributed by atoms with van der Waals surface area (Å²) in [6, 6.07) is 17.7. The lowest BCUT2D eigenvalue weighted by Crippen LogP contribution is -2.46. The average molecular weight is 460 g/mol. The Balaban J connectivity index is 1.35. The van der Waals surface area contributed by atoms with E-state index in [-0.39, 0.29) is 11.7 Å². The molecule has 1 aliphatic rings. The van der Waals surface area contributed by atoms with Crippen molar-refractivity contribution in [2.45, 2.75) is 33.2 Å². The SMILES string of the molecule is CCCNC(=O)c1ccc(N2CCN(Cc3ccc(-c4cccc(O)c4)cc3CC)CC2)nn1. The first-order valence-electron chi connectivity index (χ1n) is 12.1. The highest BCUT2D eigenvalue weighted by Crippen LogP contribution is 2.27.